The molecule has 21 heavy (non-hydrogen) atoms. The Kier molecular flexibility index (Phi) is 3.62. The topological polar surface area (TPSA) is 83.8 Å². The first-order chi connectivity index (χ1) is 10.1. The van der Waals surface area contributed by atoms with E-state index in [1.807, 2.05) is 30.3 Å². The molecule has 4 N–H and O–H groups in total. The maximum Gasteiger partial charge on any atom is 0.272 e. The fraction of sp³-hybridized carbons (Fsp3) is 0.0667. The van der Waals surface area contributed by atoms with Crippen molar-refractivity contribution in [3.63, 3.8) is 0 Å². The van der Waals surface area contributed by atoms with Crippen LogP contribution in [0, 0.1) is 0 Å². The SMILES string of the molecule is Nc1ccc2[nH]nc(C(=O)NCc3ccc(Br)cc3)c2c1. The van der Waals surface area contributed by atoms with E-state index in [0.717, 1.165) is 20.9 Å². The molecule has 0 saturated heterocycles. The van der Waals surface area contributed by atoms with E-state index in [-0.39, 0.29) is 5.91 Å². The Balaban J connectivity index is 1.78. The zero-order valence-electron chi connectivity index (χ0n) is 11.1. The van der Waals surface area contributed by atoms with Gasteiger partial charge >= 0.3 is 0 Å². The molecule has 0 saturated carbocycles. The number of halogens is 1. The summed E-state index contributed by atoms with van der Waals surface area (Å²) in [6, 6.07) is 13.1. The smallest absolute Gasteiger partial charge is 0.272 e. The van der Waals surface area contributed by atoms with Crippen molar-refractivity contribution < 1.29 is 4.79 Å². The van der Waals surface area contributed by atoms with E-state index in [9.17, 15) is 4.79 Å². The first-order valence-corrected chi connectivity index (χ1v) is 7.19. The molecule has 0 aliphatic heterocycles. The van der Waals surface area contributed by atoms with E-state index in [1.54, 1.807) is 12.1 Å². The summed E-state index contributed by atoms with van der Waals surface area (Å²) in [5.74, 6) is -0.227. The number of aromatic nitrogens is 2. The number of rotatable bonds is 3. The maximum atomic E-state index is 12.2. The summed E-state index contributed by atoms with van der Waals surface area (Å²) in [7, 11) is 0. The molecule has 3 rings (SSSR count). The van der Waals surface area contributed by atoms with E-state index in [1.165, 1.54) is 0 Å². The molecular weight excluding hydrogens is 332 g/mol. The number of nitrogens with zero attached hydrogens (tertiary/aromatic N) is 1. The lowest BCUT2D eigenvalue weighted by atomic mass is 10.1. The van der Waals surface area contributed by atoms with Crippen molar-refractivity contribution >= 4 is 38.4 Å². The molecule has 106 valence electrons. The number of nitrogens with one attached hydrogen (secondary N) is 2. The van der Waals surface area contributed by atoms with Gasteiger partial charge < -0.3 is 11.1 Å². The van der Waals surface area contributed by atoms with Crippen molar-refractivity contribution in [2.45, 2.75) is 6.54 Å². The maximum absolute atomic E-state index is 12.2. The number of carbonyl (C=O) groups is 1. The third-order valence-corrected chi connectivity index (χ3v) is 3.70. The molecule has 1 aromatic heterocycles. The fourth-order valence-corrected chi connectivity index (χ4v) is 2.34. The normalized spacial score (nSPS) is 10.7. The van der Waals surface area contributed by atoms with Crippen LogP contribution in [0.3, 0.4) is 0 Å². The second-order valence-electron chi connectivity index (χ2n) is 4.69. The molecule has 0 unspecified atom stereocenters. The van der Waals surface area contributed by atoms with Crippen molar-refractivity contribution in [2.75, 3.05) is 5.73 Å². The Morgan fingerprint density at radius 3 is 2.76 bits per heavy atom. The zero-order chi connectivity index (χ0) is 14.8. The van der Waals surface area contributed by atoms with Gasteiger partial charge in [0.15, 0.2) is 5.69 Å². The molecule has 3 aromatic rings. The Labute approximate surface area is 129 Å². The van der Waals surface area contributed by atoms with Crippen molar-refractivity contribution in [3.8, 4) is 0 Å². The zero-order valence-corrected chi connectivity index (χ0v) is 12.6. The standard InChI is InChI=1S/C15H13BrN4O/c16-10-3-1-9(2-4-10)8-18-15(21)14-12-7-11(17)5-6-13(12)19-20-14/h1-7H,8,17H2,(H,18,21)(H,19,20). The van der Waals surface area contributed by atoms with Gasteiger partial charge in [0.1, 0.15) is 0 Å². The molecule has 1 amide bonds. The summed E-state index contributed by atoms with van der Waals surface area (Å²) < 4.78 is 1.01. The van der Waals surface area contributed by atoms with Crippen LogP contribution in [0.25, 0.3) is 10.9 Å². The van der Waals surface area contributed by atoms with Gasteiger partial charge in [-0.1, -0.05) is 28.1 Å². The lowest BCUT2D eigenvalue weighted by Gasteiger charge is -2.04. The summed E-state index contributed by atoms with van der Waals surface area (Å²) in [5.41, 5.74) is 8.52. The number of fused-ring (bicyclic) bond motifs is 1. The van der Waals surface area contributed by atoms with Crippen LogP contribution in [0.15, 0.2) is 46.9 Å². The van der Waals surface area contributed by atoms with E-state index < -0.39 is 0 Å². The van der Waals surface area contributed by atoms with E-state index >= 15 is 0 Å². The summed E-state index contributed by atoms with van der Waals surface area (Å²) in [6.07, 6.45) is 0. The summed E-state index contributed by atoms with van der Waals surface area (Å²) in [5, 5.41) is 10.5. The quantitative estimate of drug-likeness (QED) is 0.638. The number of hydrogen-bond acceptors (Lipinski definition) is 3. The molecule has 6 heteroatoms. The van der Waals surface area contributed by atoms with Gasteiger partial charge in [0.25, 0.3) is 5.91 Å². The number of amides is 1. The number of H-pyrrole nitrogens is 1. The fourth-order valence-electron chi connectivity index (χ4n) is 2.07. The summed E-state index contributed by atoms with van der Waals surface area (Å²) in [4.78, 5) is 12.2. The van der Waals surface area contributed by atoms with Gasteiger partial charge in [0.2, 0.25) is 0 Å². The average molecular weight is 345 g/mol. The predicted molar refractivity (Wildman–Crippen MR) is 85.8 cm³/mol. The van der Waals surface area contributed by atoms with Gasteiger partial charge in [0.05, 0.1) is 5.52 Å². The van der Waals surface area contributed by atoms with Gasteiger partial charge in [-0.25, -0.2) is 0 Å². The number of benzene rings is 2. The molecule has 0 radical (unpaired) electrons. The van der Waals surface area contributed by atoms with Crippen molar-refractivity contribution in [1.82, 2.24) is 15.5 Å². The second-order valence-corrected chi connectivity index (χ2v) is 5.60. The molecule has 1 heterocycles. The summed E-state index contributed by atoms with van der Waals surface area (Å²) in [6.45, 7) is 0.447. The van der Waals surface area contributed by atoms with Crippen molar-refractivity contribution in [3.05, 3.63) is 58.2 Å². The third kappa shape index (κ3) is 2.90. The average Bonchev–Trinajstić information content (AvgIpc) is 2.89. The van der Waals surface area contributed by atoms with Gasteiger partial charge in [-0.05, 0) is 35.9 Å². The third-order valence-electron chi connectivity index (χ3n) is 3.17. The van der Waals surface area contributed by atoms with Crippen LogP contribution < -0.4 is 11.1 Å². The number of anilines is 1. The van der Waals surface area contributed by atoms with Crippen LogP contribution in [0.5, 0.6) is 0 Å². The van der Waals surface area contributed by atoms with Crippen LogP contribution in [0.1, 0.15) is 16.1 Å². The van der Waals surface area contributed by atoms with Gasteiger partial charge in [0, 0.05) is 22.1 Å². The first kappa shape index (κ1) is 13.6. The molecule has 0 aliphatic rings. The van der Waals surface area contributed by atoms with E-state index in [0.29, 0.717) is 17.9 Å². The van der Waals surface area contributed by atoms with Gasteiger partial charge in [-0.3, -0.25) is 9.89 Å². The monoisotopic (exact) mass is 344 g/mol. The molecule has 0 spiro atoms. The number of nitrogen functional groups attached to an aromatic ring is 1. The number of aromatic amines is 1. The Morgan fingerprint density at radius 2 is 2.00 bits per heavy atom. The highest BCUT2D eigenvalue weighted by Crippen LogP contribution is 2.19. The molecule has 0 aliphatic carbocycles. The van der Waals surface area contributed by atoms with Crippen LogP contribution >= 0.6 is 15.9 Å². The molecular formula is C15H13BrN4O. The Morgan fingerprint density at radius 1 is 1.24 bits per heavy atom. The van der Waals surface area contributed by atoms with E-state index in [2.05, 4.69) is 31.4 Å². The molecule has 5 nitrogen and oxygen atoms in total. The Hall–Kier alpha value is -2.34. The van der Waals surface area contributed by atoms with Crippen LogP contribution in [0.2, 0.25) is 0 Å². The minimum Gasteiger partial charge on any atom is -0.399 e. The number of nitrogens with two attached hydrogens (primary N) is 1. The highest BCUT2D eigenvalue weighted by Gasteiger charge is 2.13. The largest absolute Gasteiger partial charge is 0.399 e. The lowest BCUT2D eigenvalue weighted by molar-refractivity contribution is 0.0947. The predicted octanol–water partition coefficient (Wildman–Crippen LogP) is 2.84. The number of hydrogen-bond donors (Lipinski definition) is 3. The van der Waals surface area contributed by atoms with Crippen LogP contribution in [-0.4, -0.2) is 16.1 Å². The Bertz CT molecular complexity index is 795. The second kappa shape index (κ2) is 5.57. The highest BCUT2D eigenvalue weighted by molar-refractivity contribution is 9.10. The van der Waals surface area contributed by atoms with Crippen LogP contribution in [-0.2, 0) is 6.54 Å². The van der Waals surface area contributed by atoms with Crippen molar-refractivity contribution in [1.29, 1.82) is 0 Å². The minimum absolute atomic E-state index is 0.227. The minimum atomic E-state index is -0.227. The van der Waals surface area contributed by atoms with Gasteiger partial charge in [-0.2, -0.15) is 5.10 Å². The van der Waals surface area contributed by atoms with Crippen molar-refractivity contribution in [2.24, 2.45) is 0 Å². The van der Waals surface area contributed by atoms with E-state index in [4.69, 9.17) is 5.73 Å². The van der Waals surface area contributed by atoms with Crippen LogP contribution in [0.4, 0.5) is 5.69 Å². The summed E-state index contributed by atoms with van der Waals surface area (Å²) >= 11 is 3.38. The molecule has 0 atom stereocenters. The van der Waals surface area contributed by atoms with Gasteiger partial charge in [-0.15, -0.1) is 0 Å². The molecule has 0 fully saturated rings. The highest BCUT2D eigenvalue weighted by atomic mass is 79.9. The lowest BCUT2D eigenvalue weighted by Crippen LogP contribution is -2.23. The first-order valence-electron chi connectivity index (χ1n) is 6.40. The number of carbonyl (C=O) groups excluding carboxylic acids is 1. The molecule has 0 bridgehead atoms. The molecule has 2 aromatic carbocycles.